The lowest BCUT2D eigenvalue weighted by atomic mass is 10.2. The van der Waals surface area contributed by atoms with E-state index in [9.17, 15) is 0 Å². The Labute approximate surface area is 95.9 Å². The van der Waals surface area contributed by atoms with Crippen LogP contribution >= 0.6 is 0 Å². The Hall–Kier alpha value is -0.840. The largest absolute Gasteiger partial charge is 0.462 e. The summed E-state index contributed by atoms with van der Waals surface area (Å²) in [5.41, 5.74) is 1.18. The molecule has 1 N–H and O–H groups in total. The summed E-state index contributed by atoms with van der Waals surface area (Å²) in [6, 6.07) is 2.05. The zero-order valence-corrected chi connectivity index (χ0v) is 9.91. The lowest BCUT2D eigenvalue weighted by molar-refractivity contribution is -0.137. The second-order valence-corrected chi connectivity index (χ2v) is 4.07. The van der Waals surface area contributed by atoms with E-state index in [0.717, 1.165) is 24.6 Å². The number of aryl methyl sites for hydroxylation is 1. The van der Waals surface area contributed by atoms with Crippen LogP contribution in [0.25, 0.3) is 0 Å². The number of furan rings is 1. The van der Waals surface area contributed by atoms with Crippen LogP contribution in [0.4, 0.5) is 0 Å². The summed E-state index contributed by atoms with van der Waals surface area (Å²) < 4.78 is 16.3. The first-order valence-corrected chi connectivity index (χ1v) is 5.78. The van der Waals surface area contributed by atoms with E-state index in [0.29, 0.717) is 19.8 Å². The normalized spacial score (nSPS) is 16.4. The maximum absolute atomic E-state index is 5.71. The molecule has 0 atom stereocenters. The molecule has 0 amide bonds. The molecule has 1 aromatic heterocycles. The molecule has 0 aliphatic carbocycles. The van der Waals surface area contributed by atoms with E-state index in [1.54, 1.807) is 0 Å². The highest BCUT2D eigenvalue weighted by Crippen LogP contribution is 2.17. The van der Waals surface area contributed by atoms with Gasteiger partial charge < -0.3 is 19.2 Å². The quantitative estimate of drug-likeness (QED) is 0.799. The molecule has 0 aromatic carbocycles. The average molecular weight is 225 g/mol. The van der Waals surface area contributed by atoms with Crippen LogP contribution in [-0.2, 0) is 22.6 Å². The minimum Gasteiger partial charge on any atom is -0.462 e. The molecule has 1 fully saturated rings. The highest BCUT2D eigenvalue weighted by Gasteiger charge is 2.19. The molecule has 2 rings (SSSR count). The maximum Gasteiger partial charge on any atom is 0.130 e. The van der Waals surface area contributed by atoms with Gasteiger partial charge in [-0.15, -0.1) is 0 Å². The van der Waals surface area contributed by atoms with Gasteiger partial charge in [0.15, 0.2) is 0 Å². The summed E-state index contributed by atoms with van der Waals surface area (Å²) in [5.74, 6) is 1.91. The highest BCUT2D eigenvalue weighted by molar-refractivity contribution is 5.19. The minimum absolute atomic E-state index is 0.252. The molecule has 0 spiro atoms. The van der Waals surface area contributed by atoms with Gasteiger partial charge in [-0.2, -0.15) is 0 Å². The molecule has 0 saturated carbocycles. The van der Waals surface area contributed by atoms with E-state index in [1.807, 2.05) is 6.07 Å². The van der Waals surface area contributed by atoms with Crippen molar-refractivity contribution in [2.45, 2.75) is 33.1 Å². The van der Waals surface area contributed by atoms with Crippen molar-refractivity contribution in [3.63, 3.8) is 0 Å². The van der Waals surface area contributed by atoms with Crippen molar-refractivity contribution in [3.05, 3.63) is 23.2 Å². The van der Waals surface area contributed by atoms with Crippen LogP contribution < -0.4 is 5.32 Å². The lowest BCUT2D eigenvalue weighted by Crippen LogP contribution is -2.35. The Morgan fingerprint density at radius 3 is 2.94 bits per heavy atom. The summed E-state index contributed by atoms with van der Waals surface area (Å²) in [4.78, 5) is 0. The van der Waals surface area contributed by atoms with Crippen molar-refractivity contribution in [2.24, 2.45) is 0 Å². The minimum atomic E-state index is 0.252. The summed E-state index contributed by atoms with van der Waals surface area (Å²) >= 11 is 0. The fourth-order valence-electron chi connectivity index (χ4n) is 1.59. The predicted molar refractivity (Wildman–Crippen MR) is 60.2 cm³/mol. The third-order valence-corrected chi connectivity index (χ3v) is 2.68. The van der Waals surface area contributed by atoms with Gasteiger partial charge in [0.25, 0.3) is 0 Å². The van der Waals surface area contributed by atoms with Crippen molar-refractivity contribution in [2.75, 3.05) is 19.8 Å². The molecule has 0 bridgehead atoms. The zero-order chi connectivity index (χ0) is 11.4. The molecule has 4 nitrogen and oxygen atoms in total. The van der Waals surface area contributed by atoms with E-state index in [-0.39, 0.29) is 6.10 Å². The Kier molecular flexibility index (Phi) is 3.98. The predicted octanol–water partition coefficient (Wildman–Crippen LogP) is 1.61. The fourth-order valence-corrected chi connectivity index (χ4v) is 1.59. The Bertz CT molecular complexity index is 331. The number of ether oxygens (including phenoxy) is 2. The SMILES string of the molecule is CCNCc1oc(COC2COC2)cc1C. The second kappa shape index (κ2) is 5.48. The summed E-state index contributed by atoms with van der Waals surface area (Å²) in [6.45, 7) is 7.85. The van der Waals surface area contributed by atoms with Gasteiger partial charge in [-0.3, -0.25) is 0 Å². The van der Waals surface area contributed by atoms with Crippen LogP contribution in [0, 0.1) is 6.92 Å². The van der Waals surface area contributed by atoms with E-state index < -0.39 is 0 Å². The molecule has 2 heterocycles. The van der Waals surface area contributed by atoms with Crippen molar-refractivity contribution >= 4 is 0 Å². The third kappa shape index (κ3) is 2.84. The van der Waals surface area contributed by atoms with Crippen LogP contribution in [0.2, 0.25) is 0 Å². The average Bonchev–Trinajstić information content (AvgIpc) is 2.54. The highest BCUT2D eigenvalue weighted by atomic mass is 16.6. The molecule has 0 radical (unpaired) electrons. The Morgan fingerprint density at radius 1 is 1.50 bits per heavy atom. The molecule has 90 valence electrons. The molecule has 1 aliphatic rings. The summed E-state index contributed by atoms with van der Waals surface area (Å²) in [5, 5.41) is 3.25. The van der Waals surface area contributed by atoms with Crippen LogP contribution in [0.1, 0.15) is 24.0 Å². The van der Waals surface area contributed by atoms with E-state index in [4.69, 9.17) is 13.9 Å². The van der Waals surface area contributed by atoms with Crippen LogP contribution in [0.5, 0.6) is 0 Å². The molecule has 1 saturated heterocycles. The molecular weight excluding hydrogens is 206 g/mol. The van der Waals surface area contributed by atoms with E-state index in [2.05, 4.69) is 19.2 Å². The smallest absolute Gasteiger partial charge is 0.130 e. The monoisotopic (exact) mass is 225 g/mol. The first-order valence-electron chi connectivity index (χ1n) is 5.78. The van der Waals surface area contributed by atoms with Gasteiger partial charge in [0, 0.05) is 0 Å². The van der Waals surface area contributed by atoms with Gasteiger partial charge in [0.1, 0.15) is 24.2 Å². The van der Waals surface area contributed by atoms with Gasteiger partial charge in [-0.25, -0.2) is 0 Å². The number of hydrogen-bond acceptors (Lipinski definition) is 4. The molecule has 1 aromatic rings. The van der Waals surface area contributed by atoms with Gasteiger partial charge in [-0.05, 0) is 25.1 Å². The first-order chi connectivity index (χ1) is 7.79. The van der Waals surface area contributed by atoms with Crippen molar-refractivity contribution in [1.29, 1.82) is 0 Å². The van der Waals surface area contributed by atoms with Crippen LogP contribution in [0.3, 0.4) is 0 Å². The number of nitrogens with one attached hydrogen (secondary N) is 1. The van der Waals surface area contributed by atoms with Crippen LogP contribution in [-0.4, -0.2) is 25.9 Å². The molecular formula is C12H19NO3. The van der Waals surface area contributed by atoms with Gasteiger partial charge in [-0.1, -0.05) is 6.92 Å². The number of hydrogen-bond donors (Lipinski definition) is 1. The first kappa shape index (κ1) is 11.6. The van der Waals surface area contributed by atoms with Crippen molar-refractivity contribution in [1.82, 2.24) is 5.32 Å². The van der Waals surface area contributed by atoms with Gasteiger partial charge >= 0.3 is 0 Å². The molecule has 16 heavy (non-hydrogen) atoms. The molecule has 4 heteroatoms. The summed E-state index contributed by atoms with van der Waals surface area (Å²) in [6.07, 6.45) is 0.252. The molecule has 1 aliphatic heterocycles. The van der Waals surface area contributed by atoms with E-state index >= 15 is 0 Å². The van der Waals surface area contributed by atoms with E-state index in [1.165, 1.54) is 5.56 Å². The molecule has 0 unspecified atom stereocenters. The van der Waals surface area contributed by atoms with Crippen LogP contribution in [0.15, 0.2) is 10.5 Å². The Balaban J connectivity index is 1.83. The zero-order valence-electron chi connectivity index (χ0n) is 9.91. The third-order valence-electron chi connectivity index (χ3n) is 2.68. The Morgan fingerprint density at radius 2 is 2.31 bits per heavy atom. The van der Waals surface area contributed by atoms with Gasteiger partial charge in [0.2, 0.25) is 0 Å². The number of rotatable bonds is 6. The standard InChI is InChI=1S/C12H19NO3/c1-3-13-5-12-9(2)4-10(16-12)8-15-11-6-14-7-11/h4,11,13H,3,5-8H2,1-2H3. The fraction of sp³-hybridized carbons (Fsp3) is 0.667. The lowest BCUT2D eigenvalue weighted by Gasteiger charge is -2.25. The maximum atomic E-state index is 5.71. The second-order valence-electron chi connectivity index (χ2n) is 4.07. The summed E-state index contributed by atoms with van der Waals surface area (Å²) in [7, 11) is 0. The van der Waals surface area contributed by atoms with Crippen molar-refractivity contribution < 1.29 is 13.9 Å². The topological polar surface area (TPSA) is 43.6 Å². The van der Waals surface area contributed by atoms with Crippen molar-refractivity contribution in [3.8, 4) is 0 Å². The van der Waals surface area contributed by atoms with Gasteiger partial charge in [0.05, 0.1) is 19.8 Å².